The van der Waals surface area contributed by atoms with Gasteiger partial charge in [0.15, 0.2) is 11.6 Å². The van der Waals surface area contributed by atoms with Gasteiger partial charge in [-0.15, -0.1) is 0 Å². The van der Waals surface area contributed by atoms with Gasteiger partial charge >= 0.3 is 0 Å². The Morgan fingerprint density at radius 3 is 2.10 bits per heavy atom. The van der Waals surface area contributed by atoms with Crippen molar-refractivity contribution in [1.29, 1.82) is 0 Å². The third kappa shape index (κ3) is 4.38. The molecule has 4 aromatic rings. The molecule has 9 heteroatoms. The summed E-state index contributed by atoms with van der Waals surface area (Å²) in [5.41, 5.74) is 1.38. The number of nitro benzene ring substituents is 1. The second-order valence-electron chi connectivity index (χ2n) is 13.1. The van der Waals surface area contributed by atoms with E-state index in [0.29, 0.717) is 22.3 Å². The molecule has 242 valence electrons. The van der Waals surface area contributed by atoms with Gasteiger partial charge in [0.2, 0.25) is 11.8 Å². The first-order chi connectivity index (χ1) is 23.7. The zero-order chi connectivity index (χ0) is 34.0. The van der Waals surface area contributed by atoms with Crippen LogP contribution in [-0.2, 0) is 24.6 Å². The van der Waals surface area contributed by atoms with Crippen molar-refractivity contribution in [2.24, 2.45) is 23.7 Å². The highest BCUT2D eigenvalue weighted by molar-refractivity contribution is 6.32. The number of non-ortho nitro benzene ring substituents is 1. The largest absolute Gasteiger partial charge is 0.508 e. The summed E-state index contributed by atoms with van der Waals surface area (Å²) in [4.78, 5) is 70.1. The number of ketones is 2. The number of carbonyl (C=O) groups excluding carboxylic acids is 4. The Kier molecular flexibility index (Phi) is 7.03. The minimum absolute atomic E-state index is 0.0374. The number of allylic oxidation sites excluding steroid dienone is 4. The molecule has 0 bridgehead atoms. The predicted octanol–water partition coefficient (Wildman–Crippen LogP) is 6.33. The van der Waals surface area contributed by atoms with Crippen LogP contribution in [0, 0.1) is 33.8 Å². The number of Topliss-reactive ketones (excluding diaryl/α,β-unsaturated/α-hetero) is 1. The topological polar surface area (TPSA) is 135 Å². The molecular formula is C40H30N2O7. The third-order valence-electron chi connectivity index (χ3n) is 10.9. The second-order valence-corrected chi connectivity index (χ2v) is 13.1. The van der Waals surface area contributed by atoms with Crippen molar-refractivity contribution in [3.8, 4) is 5.75 Å². The Hall–Kier alpha value is -5.96. The molecule has 1 saturated heterocycles. The number of hydrogen-bond donors (Lipinski definition) is 1. The fourth-order valence-corrected chi connectivity index (χ4v) is 8.93. The molecule has 0 radical (unpaired) electrons. The Morgan fingerprint density at radius 2 is 1.43 bits per heavy atom. The molecule has 8 rings (SSSR count). The lowest BCUT2D eigenvalue weighted by Gasteiger charge is -2.55. The highest BCUT2D eigenvalue weighted by Gasteiger charge is 2.66. The van der Waals surface area contributed by atoms with E-state index in [1.165, 1.54) is 30.3 Å². The fraction of sp³-hybridized carbons (Fsp3) is 0.200. The van der Waals surface area contributed by atoms with E-state index in [4.69, 9.17) is 0 Å². The quantitative estimate of drug-likeness (QED) is 0.115. The van der Waals surface area contributed by atoms with Crippen LogP contribution in [0.1, 0.15) is 35.4 Å². The molecule has 3 aliphatic carbocycles. The molecule has 49 heavy (non-hydrogen) atoms. The summed E-state index contributed by atoms with van der Waals surface area (Å²) in [5, 5.41) is 22.7. The zero-order valence-electron chi connectivity index (χ0n) is 26.1. The van der Waals surface area contributed by atoms with Crippen LogP contribution < -0.4 is 4.90 Å². The summed E-state index contributed by atoms with van der Waals surface area (Å²) >= 11 is 0. The van der Waals surface area contributed by atoms with Crippen LogP contribution in [0.5, 0.6) is 5.75 Å². The summed E-state index contributed by atoms with van der Waals surface area (Å²) in [6.07, 6.45) is 3.73. The maximum absolute atomic E-state index is 15.0. The van der Waals surface area contributed by atoms with Gasteiger partial charge in [-0.1, -0.05) is 90.5 Å². The first-order valence-electron chi connectivity index (χ1n) is 16.2. The SMILES string of the molecule is O=C1C(c2ccccc2)=CC(=O)[C@@]2(c3ccccc3)[C@@H](c3ccccc3O)C3=CC[C@@H]4C(=O)N(c5ccc([N+](=O)[O-])cc5)C(=O)[C@@H]4[C@@H]3C[C@@H]12. The van der Waals surface area contributed by atoms with E-state index in [0.717, 1.165) is 10.5 Å². The van der Waals surface area contributed by atoms with Crippen molar-refractivity contribution in [1.82, 2.24) is 0 Å². The Labute approximate surface area is 281 Å². The fourth-order valence-electron chi connectivity index (χ4n) is 8.93. The summed E-state index contributed by atoms with van der Waals surface area (Å²) in [5.74, 6) is -5.29. The maximum atomic E-state index is 15.0. The zero-order valence-corrected chi connectivity index (χ0v) is 26.1. The van der Waals surface area contributed by atoms with Crippen LogP contribution in [0.25, 0.3) is 5.57 Å². The monoisotopic (exact) mass is 650 g/mol. The molecular weight excluding hydrogens is 620 g/mol. The molecule has 9 nitrogen and oxygen atoms in total. The smallest absolute Gasteiger partial charge is 0.269 e. The van der Waals surface area contributed by atoms with E-state index in [1.54, 1.807) is 48.5 Å². The normalized spacial score (nSPS) is 27.5. The molecule has 1 saturated carbocycles. The number of nitro groups is 1. The lowest BCUT2D eigenvalue weighted by atomic mass is 9.44. The predicted molar refractivity (Wildman–Crippen MR) is 180 cm³/mol. The minimum Gasteiger partial charge on any atom is -0.508 e. The van der Waals surface area contributed by atoms with Crippen molar-refractivity contribution in [3.05, 3.63) is 154 Å². The maximum Gasteiger partial charge on any atom is 0.269 e. The van der Waals surface area contributed by atoms with Crippen molar-refractivity contribution in [2.75, 3.05) is 4.90 Å². The van der Waals surface area contributed by atoms with Gasteiger partial charge in [0.05, 0.1) is 27.9 Å². The van der Waals surface area contributed by atoms with E-state index < -0.39 is 51.7 Å². The van der Waals surface area contributed by atoms with Gasteiger partial charge in [-0.25, -0.2) is 0 Å². The minimum atomic E-state index is -1.44. The summed E-state index contributed by atoms with van der Waals surface area (Å²) in [7, 11) is 0. The van der Waals surface area contributed by atoms with Crippen LogP contribution in [0.2, 0.25) is 0 Å². The van der Waals surface area contributed by atoms with Crippen LogP contribution in [-0.4, -0.2) is 33.4 Å². The van der Waals surface area contributed by atoms with E-state index in [2.05, 4.69) is 0 Å². The van der Waals surface area contributed by atoms with E-state index >= 15 is 0 Å². The van der Waals surface area contributed by atoms with Crippen molar-refractivity contribution < 1.29 is 29.2 Å². The number of aromatic hydroxyl groups is 1. The van der Waals surface area contributed by atoms with Crippen molar-refractivity contribution >= 4 is 40.3 Å². The Bertz CT molecular complexity index is 2120. The average Bonchev–Trinajstić information content (AvgIpc) is 3.39. The molecule has 1 N–H and O–H groups in total. The number of phenols is 1. The van der Waals surface area contributed by atoms with Crippen molar-refractivity contribution in [2.45, 2.75) is 24.2 Å². The van der Waals surface area contributed by atoms with E-state index in [9.17, 15) is 34.4 Å². The van der Waals surface area contributed by atoms with Gasteiger partial charge < -0.3 is 5.11 Å². The van der Waals surface area contributed by atoms with Gasteiger partial charge in [-0.2, -0.15) is 0 Å². The Morgan fingerprint density at radius 1 is 0.776 bits per heavy atom. The Balaban J connectivity index is 1.33. The number of hydrogen-bond acceptors (Lipinski definition) is 7. The number of benzene rings is 4. The molecule has 2 amide bonds. The van der Waals surface area contributed by atoms with Crippen LogP contribution in [0.15, 0.2) is 127 Å². The average molecular weight is 651 g/mol. The van der Waals surface area contributed by atoms with Crippen LogP contribution in [0.3, 0.4) is 0 Å². The lowest BCUT2D eigenvalue weighted by Crippen LogP contribution is -2.58. The molecule has 1 heterocycles. The molecule has 0 aromatic heterocycles. The molecule has 4 aromatic carbocycles. The molecule has 0 unspecified atom stereocenters. The number of anilines is 1. The molecule has 1 aliphatic heterocycles. The van der Waals surface area contributed by atoms with Gasteiger partial charge in [-0.05, 0) is 54.2 Å². The van der Waals surface area contributed by atoms with Gasteiger partial charge in [0.25, 0.3) is 5.69 Å². The molecule has 0 spiro atoms. The van der Waals surface area contributed by atoms with Crippen LogP contribution >= 0.6 is 0 Å². The van der Waals surface area contributed by atoms with E-state index in [1.807, 2.05) is 42.5 Å². The summed E-state index contributed by atoms with van der Waals surface area (Å²) < 4.78 is 0. The number of rotatable bonds is 5. The number of amides is 2. The van der Waals surface area contributed by atoms with E-state index in [-0.39, 0.29) is 41.5 Å². The molecule has 4 aliphatic rings. The van der Waals surface area contributed by atoms with Crippen molar-refractivity contribution in [3.63, 3.8) is 0 Å². The molecule has 2 fully saturated rings. The number of nitrogens with zero attached hydrogens (tertiary/aromatic N) is 2. The number of para-hydroxylation sites is 1. The summed E-state index contributed by atoms with van der Waals surface area (Å²) in [6, 6.07) is 30.3. The van der Waals surface area contributed by atoms with Crippen LogP contribution in [0.4, 0.5) is 11.4 Å². The lowest BCUT2D eigenvalue weighted by molar-refractivity contribution is -0.384. The number of carbonyl (C=O) groups is 4. The number of phenolic OH excluding ortho intramolecular Hbond substituents is 1. The second kappa shape index (κ2) is 11.3. The third-order valence-corrected chi connectivity index (χ3v) is 10.9. The number of imide groups is 1. The standard InChI is InChI=1S/C40H30N2O7/c43-33-14-8-7-13-28(33)36-27-19-20-29-35(39(47)41(38(29)46)25-15-17-26(18-16-25)42(48)49)31(27)21-32-37(45)30(23-9-3-1-4-10-23)22-34(44)40(32,36)24-11-5-2-6-12-24/h1-19,22,29,31-32,35-36,43H,20-21H2/t29-,31+,32-,35-,36+,40-/m0/s1. The van der Waals surface area contributed by atoms with Gasteiger partial charge in [0, 0.05) is 35.1 Å². The number of fused-ring (bicyclic) bond motifs is 4. The first-order valence-corrected chi connectivity index (χ1v) is 16.2. The highest BCUT2D eigenvalue weighted by Crippen LogP contribution is 2.64. The summed E-state index contributed by atoms with van der Waals surface area (Å²) in [6.45, 7) is 0. The van der Waals surface area contributed by atoms with Gasteiger partial charge in [0.1, 0.15) is 5.75 Å². The van der Waals surface area contributed by atoms with Gasteiger partial charge in [-0.3, -0.25) is 34.2 Å². The highest BCUT2D eigenvalue weighted by atomic mass is 16.6. The molecule has 6 atom stereocenters. The first kappa shape index (κ1) is 30.4.